The van der Waals surface area contributed by atoms with Crippen LogP contribution in [0.4, 0.5) is 17.1 Å². The number of benzene rings is 2. The van der Waals surface area contributed by atoms with Gasteiger partial charge in [0.25, 0.3) is 11.6 Å². The molecule has 1 saturated carbocycles. The first-order valence-electron chi connectivity index (χ1n) is 9.91. The van der Waals surface area contributed by atoms with Crippen LogP contribution in [0.2, 0.25) is 0 Å². The van der Waals surface area contributed by atoms with Gasteiger partial charge in [-0.05, 0) is 49.2 Å². The Morgan fingerprint density at radius 3 is 2.13 bits per heavy atom. The molecule has 9 nitrogen and oxygen atoms in total. The van der Waals surface area contributed by atoms with Crippen molar-refractivity contribution < 1.29 is 14.5 Å². The molecule has 3 N–H and O–H groups in total. The van der Waals surface area contributed by atoms with Gasteiger partial charge in [0, 0.05) is 55.1 Å². The zero-order valence-electron chi connectivity index (χ0n) is 16.4. The van der Waals surface area contributed by atoms with Crippen molar-refractivity contribution >= 4 is 28.9 Å². The molecule has 0 radical (unpaired) electrons. The Balaban J connectivity index is 1.46. The maximum atomic E-state index is 12.2. The monoisotopic (exact) mass is 409 g/mol. The molecule has 9 heteroatoms. The number of nitrogens with one attached hydrogen (secondary N) is 1. The molecule has 1 aliphatic heterocycles. The molecule has 0 aromatic heterocycles. The Morgan fingerprint density at radius 1 is 0.967 bits per heavy atom. The number of primary amides is 1. The largest absolute Gasteiger partial charge is 0.368 e. The molecule has 1 heterocycles. The molecular weight excluding hydrogens is 386 g/mol. The van der Waals surface area contributed by atoms with Crippen LogP contribution in [0.25, 0.3) is 0 Å². The highest BCUT2D eigenvalue weighted by atomic mass is 16.6. The van der Waals surface area contributed by atoms with Gasteiger partial charge in [-0.3, -0.25) is 19.7 Å². The molecule has 2 aromatic rings. The molecule has 2 amide bonds. The molecule has 0 spiro atoms. The van der Waals surface area contributed by atoms with Crippen molar-refractivity contribution in [1.82, 2.24) is 5.32 Å². The summed E-state index contributed by atoms with van der Waals surface area (Å²) in [5.41, 5.74) is 7.48. The van der Waals surface area contributed by atoms with E-state index in [1.54, 1.807) is 24.3 Å². The topological polar surface area (TPSA) is 122 Å². The molecule has 2 aromatic carbocycles. The summed E-state index contributed by atoms with van der Waals surface area (Å²) >= 11 is 0. The molecule has 0 atom stereocenters. The van der Waals surface area contributed by atoms with Crippen LogP contribution in [-0.4, -0.2) is 49.0 Å². The molecule has 0 unspecified atom stereocenters. The second-order valence-electron chi connectivity index (χ2n) is 7.59. The molecule has 30 heavy (non-hydrogen) atoms. The van der Waals surface area contributed by atoms with Gasteiger partial charge in [0.2, 0.25) is 5.91 Å². The third kappa shape index (κ3) is 4.19. The van der Waals surface area contributed by atoms with E-state index in [4.69, 9.17) is 5.73 Å². The smallest absolute Gasteiger partial charge is 0.293 e. The first-order chi connectivity index (χ1) is 14.4. The van der Waals surface area contributed by atoms with Gasteiger partial charge in [-0.2, -0.15) is 0 Å². The van der Waals surface area contributed by atoms with Gasteiger partial charge in [0.1, 0.15) is 5.69 Å². The van der Waals surface area contributed by atoms with Gasteiger partial charge in [-0.25, -0.2) is 0 Å². The van der Waals surface area contributed by atoms with E-state index in [9.17, 15) is 19.7 Å². The number of nitrogens with zero attached hydrogens (tertiary/aromatic N) is 3. The molecule has 2 aliphatic rings. The normalized spacial score (nSPS) is 16.3. The van der Waals surface area contributed by atoms with E-state index >= 15 is 0 Å². The number of carbonyl (C=O) groups excluding carboxylic acids is 2. The lowest BCUT2D eigenvalue weighted by molar-refractivity contribution is -0.384. The van der Waals surface area contributed by atoms with E-state index in [2.05, 4.69) is 10.2 Å². The molecule has 0 bridgehead atoms. The first kappa shape index (κ1) is 19.7. The quantitative estimate of drug-likeness (QED) is 0.555. The summed E-state index contributed by atoms with van der Waals surface area (Å²) in [5.74, 6) is -0.732. The van der Waals surface area contributed by atoms with E-state index in [0.29, 0.717) is 43.0 Å². The number of nitro groups is 1. The van der Waals surface area contributed by atoms with Gasteiger partial charge < -0.3 is 20.9 Å². The van der Waals surface area contributed by atoms with Gasteiger partial charge in [0.05, 0.1) is 4.92 Å². The summed E-state index contributed by atoms with van der Waals surface area (Å²) in [6.45, 7) is 2.56. The van der Waals surface area contributed by atoms with Crippen LogP contribution in [0, 0.1) is 10.1 Å². The molecule has 1 aliphatic carbocycles. The van der Waals surface area contributed by atoms with Gasteiger partial charge in [-0.1, -0.05) is 0 Å². The third-order valence-corrected chi connectivity index (χ3v) is 5.48. The summed E-state index contributed by atoms with van der Waals surface area (Å²) in [6, 6.07) is 12.0. The predicted molar refractivity (Wildman–Crippen MR) is 113 cm³/mol. The summed E-state index contributed by atoms with van der Waals surface area (Å²) in [5, 5.41) is 14.5. The molecule has 156 valence electrons. The SMILES string of the molecule is NC(=O)c1ccc(N2CCN(c3ccc(C(=O)NC4CC4)cc3[N+](=O)[O-])CC2)cc1. The number of nitrogens with two attached hydrogens (primary N) is 1. The standard InChI is InChI=1S/C21H23N5O4/c22-20(27)14-1-6-17(7-2-14)24-9-11-25(12-10-24)18-8-3-15(13-19(18)26(29)30)21(28)23-16-4-5-16/h1-3,6-8,13,16H,4-5,9-12H2,(H2,22,27)(H,23,28). The Kier molecular flexibility index (Phi) is 5.26. The lowest BCUT2D eigenvalue weighted by Crippen LogP contribution is -2.46. The van der Waals surface area contributed by atoms with Crippen LogP contribution in [0.5, 0.6) is 0 Å². The van der Waals surface area contributed by atoms with Gasteiger partial charge >= 0.3 is 0 Å². The molecule has 4 rings (SSSR count). The highest BCUT2D eigenvalue weighted by Gasteiger charge is 2.27. The summed E-state index contributed by atoms with van der Waals surface area (Å²) in [7, 11) is 0. The van der Waals surface area contributed by atoms with Crippen molar-refractivity contribution in [2.24, 2.45) is 5.73 Å². The number of amides is 2. The fourth-order valence-electron chi connectivity index (χ4n) is 3.62. The zero-order valence-corrected chi connectivity index (χ0v) is 16.4. The number of piperazine rings is 1. The van der Waals surface area contributed by atoms with Crippen LogP contribution in [0.1, 0.15) is 33.6 Å². The minimum atomic E-state index is -0.465. The second-order valence-corrected chi connectivity index (χ2v) is 7.59. The van der Waals surface area contributed by atoms with Crippen LogP contribution >= 0.6 is 0 Å². The predicted octanol–water partition coefficient (Wildman–Crippen LogP) is 1.91. The van der Waals surface area contributed by atoms with E-state index in [1.807, 2.05) is 17.0 Å². The molecular formula is C21H23N5O4. The van der Waals surface area contributed by atoms with Crippen LogP contribution in [-0.2, 0) is 0 Å². The third-order valence-electron chi connectivity index (χ3n) is 5.48. The van der Waals surface area contributed by atoms with Gasteiger partial charge in [0.15, 0.2) is 0 Å². The maximum Gasteiger partial charge on any atom is 0.293 e. The van der Waals surface area contributed by atoms with Crippen molar-refractivity contribution in [1.29, 1.82) is 0 Å². The summed E-state index contributed by atoms with van der Waals surface area (Å²) in [4.78, 5) is 38.8. The van der Waals surface area contributed by atoms with Crippen molar-refractivity contribution in [2.45, 2.75) is 18.9 Å². The van der Waals surface area contributed by atoms with E-state index < -0.39 is 10.8 Å². The van der Waals surface area contributed by atoms with Crippen molar-refractivity contribution in [3.63, 3.8) is 0 Å². The number of nitro benzene ring substituents is 1. The Morgan fingerprint density at radius 2 is 1.57 bits per heavy atom. The van der Waals surface area contributed by atoms with E-state index in [1.165, 1.54) is 6.07 Å². The van der Waals surface area contributed by atoms with Crippen molar-refractivity contribution in [3.05, 3.63) is 63.7 Å². The van der Waals surface area contributed by atoms with Crippen LogP contribution < -0.4 is 20.9 Å². The van der Waals surface area contributed by atoms with Crippen molar-refractivity contribution in [3.8, 4) is 0 Å². The van der Waals surface area contributed by atoms with Crippen LogP contribution in [0.3, 0.4) is 0 Å². The fraction of sp³-hybridized carbons (Fsp3) is 0.333. The number of anilines is 2. The Bertz CT molecular complexity index is 979. The summed E-state index contributed by atoms with van der Waals surface area (Å²) < 4.78 is 0. The number of rotatable bonds is 6. The van der Waals surface area contributed by atoms with Gasteiger partial charge in [-0.15, -0.1) is 0 Å². The van der Waals surface area contributed by atoms with E-state index in [0.717, 1.165) is 18.5 Å². The average Bonchev–Trinajstić information content (AvgIpc) is 3.57. The number of carbonyl (C=O) groups is 2. The lowest BCUT2D eigenvalue weighted by atomic mass is 10.1. The Hall–Kier alpha value is -3.62. The first-order valence-corrected chi connectivity index (χ1v) is 9.91. The van der Waals surface area contributed by atoms with Crippen molar-refractivity contribution in [2.75, 3.05) is 36.0 Å². The zero-order chi connectivity index (χ0) is 21.3. The second kappa shape index (κ2) is 8.02. The fourth-order valence-corrected chi connectivity index (χ4v) is 3.62. The minimum Gasteiger partial charge on any atom is -0.368 e. The highest BCUT2D eigenvalue weighted by Crippen LogP contribution is 2.31. The lowest BCUT2D eigenvalue weighted by Gasteiger charge is -2.37. The van der Waals surface area contributed by atoms with Crippen LogP contribution in [0.15, 0.2) is 42.5 Å². The molecule has 2 fully saturated rings. The highest BCUT2D eigenvalue weighted by molar-refractivity contribution is 5.96. The number of hydrogen-bond donors (Lipinski definition) is 2. The number of hydrogen-bond acceptors (Lipinski definition) is 6. The Labute approximate surface area is 173 Å². The average molecular weight is 409 g/mol. The van der Waals surface area contributed by atoms with E-state index in [-0.39, 0.29) is 17.6 Å². The minimum absolute atomic E-state index is 0.0577. The maximum absolute atomic E-state index is 12.2. The molecule has 1 saturated heterocycles. The summed E-state index contributed by atoms with van der Waals surface area (Å²) in [6.07, 6.45) is 1.92.